The summed E-state index contributed by atoms with van der Waals surface area (Å²) < 4.78 is 0. The highest BCUT2D eigenvalue weighted by Gasteiger charge is 2.14. The van der Waals surface area contributed by atoms with E-state index in [2.05, 4.69) is 33.4 Å². The first-order valence-corrected chi connectivity index (χ1v) is 6.91. The number of aromatic nitrogens is 3. The highest BCUT2D eigenvalue weighted by molar-refractivity contribution is 5.83. The summed E-state index contributed by atoms with van der Waals surface area (Å²) in [5, 5.41) is 7.58. The summed E-state index contributed by atoms with van der Waals surface area (Å²) >= 11 is 0. The Kier molecular flexibility index (Phi) is 3.44. The predicted octanol–water partition coefficient (Wildman–Crippen LogP) is 3.51. The van der Waals surface area contributed by atoms with Crippen molar-refractivity contribution >= 4 is 5.82 Å². The Morgan fingerprint density at radius 3 is 2.48 bits per heavy atom. The van der Waals surface area contributed by atoms with Gasteiger partial charge in [0, 0.05) is 37.1 Å². The van der Waals surface area contributed by atoms with E-state index in [0.29, 0.717) is 0 Å². The summed E-state index contributed by atoms with van der Waals surface area (Å²) in [5.41, 5.74) is 5.40. The number of H-pyrrole nitrogens is 1. The van der Waals surface area contributed by atoms with Crippen LogP contribution >= 0.6 is 0 Å². The Morgan fingerprint density at radius 2 is 1.76 bits per heavy atom. The maximum atomic E-state index is 4.48. The lowest BCUT2D eigenvalue weighted by molar-refractivity contribution is 1.05. The molecule has 4 heteroatoms. The lowest BCUT2D eigenvalue weighted by atomic mass is 10.00. The number of aromatic amines is 1. The second-order valence-electron chi connectivity index (χ2n) is 5.24. The van der Waals surface area contributed by atoms with Crippen LogP contribution in [0.3, 0.4) is 0 Å². The van der Waals surface area contributed by atoms with E-state index in [1.165, 1.54) is 0 Å². The number of hydrogen-bond donors (Lipinski definition) is 1. The van der Waals surface area contributed by atoms with Gasteiger partial charge in [-0.2, -0.15) is 5.10 Å². The Hall–Kier alpha value is -2.62. The van der Waals surface area contributed by atoms with Crippen LogP contribution in [0.2, 0.25) is 0 Å². The van der Waals surface area contributed by atoms with Crippen molar-refractivity contribution in [1.29, 1.82) is 0 Å². The molecule has 2 aromatic heterocycles. The maximum Gasteiger partial charge on any atom is 0.128 e. The van der Waals surface area contributed by atoms with Crippen molar-refractivity contribution < 1.29 is 0 Å². The first-order chi connectivity index (χ1) is 10.2. The quantitative estimate of drug-likeness (QED) is 0.797. The SMILES string of the molecule is Cc1[nH]nc(-c2ccccc2)c1-c1ccnc(N(C)C)c1. The van der Waals surface area contributed by atoms with Crippen molar-refractivity contribution in [1.82, 2.24) is 15.2 Å². The van der Waals surface area contributed by atoms with E-state index >= 15 is 0 Å². The van der Waals surface area contributed by atoms with Crippen molar-refractivity contribution in [3.8, 4) is 22.4 Å². The zero-order valence-corrected chi connectivity index (χ0v) is 12.5. The largest absolute Gasteiger partial charge is 0.363 e. The minimum absolute atomic E-state index is 0.937. The molecule has 0 spiro atoms. The molecule has 106 valence electrons. The molecule has 2 heterocycles. The molecule has 0 amide bonds. The molecule has 0 saturated carbocycles. The smallest absolute Gasteiger partial charge is 0.128 e. The molecule has 0 radical (unpaired) electrons. The van der Waals surface area contributed by atoms with Crippen molar-refractivity contribution in [2.24, 2.45) is 0 Å². The molecule has 1 N–H and O–H groups in total. The summed E-state index contributed by atoms with van der Waals surface area (Å²) in [4.78, 5) is 6.38. The Labute approximate surface area is 124 Å². The third-order valence-electron chi connectivity index (χ3n) is 3.49. The van der Waals surface area contributed by atoms with Crippen molar-refractivity contribution in [2.75, 3.05) is 19.0 Å². The molecule has 3 rings (SSSR count). The minimum atomic E-state index is 0.937. The molecule has 0 aliphatic carbocycles. The van der Waals surface area contributed by atoms with Gasteiger partial charge in [-0.1, -0.05) is 30.3 Å². The number of hydrogen-bond acceptors (Lipinski definition) is 3. The summed E-state index contributed by atoms with van der Waals surface area (Å²) in [5.74, 6) is 0.937. The van der Waals surface area contributed by atoms with Crippen LogP contribution in [0.25, 0.3) is 22.4 Å². The van der Waals surface area contributed by atoms with Gasteiger partial charge in [0.15, 0.2) is 0 Å². The zero-order valence-electron chi connectivity index (χ0n) is 12.5. The van der Waals surface area contributed by atoms with Gasteiger partial charge < -0.3 is 4.90 Å². The molecule has 0 aliphatic rings. The van der Waals surface area contributed by atoms with E-state index < -0.39 is 0 Å². The number of aryl methyl sites for hydroxylation is 1. The second kappa shape index (κ2) is 5.40. The minimum Gasteiger partial charge on any atom is -0.363 e. The topological polar surface area (TPSA) is 44.8 Å². The van der Waals surface area contributed by atoms with Crippen LogP contribution < -0.4 is 4.90 Å². The van der Waals surface area contributed by atoms with E-state index in [1.54, 1.807) is 0 Å². The van der Waals surface area contributed by atoms with Crippen LogP contribution in [-0.2, 0) is 0 Å². The maximum absolute atomic E-state index is 4.48. The molecule has 0 saturated heterocycles. The molecule has 3 aromatic rings. The molecule has 0 unspecified atom stereocenters. The molecule has 21 heavy (non-hydrogen) atoms. The Bertz CT molecular complexity index is 744. The highest BCUT2D eigenvalue weighted by atomic mass is 15.1. The third-order valence-corrected chi connectivity index (χ3v) is 3.49. The fourth-order valence-electron chi connectivity index (χ4n) is 2.41. The number of benzene rings is 1. The second-order valence-corrected chi connectivity index (χ2v) is 5.24. The van der Waals surface area contributed by atoms with E-state index in [1.807, 2.05) is 56.4 Å². The summed E-state index contributed by atoms with van der Waals surface area (Å²) in [6, 6.07) is 14.3. The zero-order chi connectivity index (χ0) is 14.8. The fraction of sp³-hybridized carbons (Fsp3) is 0.176. The standard InChI is InChI=1S/C17H18N4/c1-12-16(14-9-10-18-15(11-14)21(2)3)17(20-19-12)13-7-5-4-6-8-13/h4-11H,1-3H3,(H,19,20). The first-order valence-electron chi connectivity index (χ1n) is 6.91. The number of pyridine rings is 1. The lowest BCUT2D eigenvalue weighted by Crippen LogP contribution is -2.10. The van der Waals surface area contributed by atoms with Crippen LogP contribution in [0.15, 0.2) is 48.7 Å². The summed E-state index contributed by atoms with van der Waals surface area (Å²) in [7, 11) is 3.99. The van der Waals surface area contributed by atoms with E-state index in [9.17, 15) is 0 Å². The van der Waals surface area contributed by atoms with Gasteiger partial charge in [0.25, 0.3) is 0 Å². The lowest BCUT2D eigenvalue weighted by Gasteiger charge is -2.12. The predicted molar refractivity (Wildman–Crippen MR) is 86.3 cm³/mol. The number of rotatable bonds is 3. The molecule has 0 fully saturated rings. The van der Waals surface area contributed by atoms with Crippen LogP contribution in [-0.4, -0.2) is 29.3 Å². The average molecular weight is 278 g/mol. The van der Waals surface area contributed by atoms with Crippen LogP contribution in [0.1, 0.15) is 5.69 Å². The normalized spacial score (nSPS) is 10.6. The van der Waals surface area contributed by atoms with Gasteiger partial charge in [0.1, 0.15) is 11.5 Å². The van der Waals surface area contributed by atoms with Crippen LogP contribution in [0, 0.1) is 6.92 Å². The number of nitrogens with one attached hydrogen (secondary N) is 1. The molecule has 1 aromatic carbocycles. The van der Waals surface area contributed by atoms with Crippen molar-refractivity contribution in [3.63, 3.8) is 0 Å². The number of anilines is 1. The molecular formula is C17H18N4. The van der Waals surface area contributed by atoms with Gasteiger partial charge in [-0.25, -0.2) is 4.98 Å². The van der Waals surface area contributed by atoms with Crippen molar-refractivity contribution in [2.45, 2.75) is 6.92 Å². The monoisotopic (exact) mass is 278 g/mol. The molecule has 4 nitrogen and oxygen atoms in total. The van der Waals surface area contributed by atoms with Gasteiger partial charge >= 0.3 is 0 Å². The molecule has 0 bridgehead atoms. The van der Waals surface area contributed by atoms with Gasteiger partial charge in [0.2, 0.25) is 0 Å². The highest BCUT2D eigenvalue weighted by Crippen LogP contribution is 2.33. The number of nitrogens with zero attached hydrogens (tertiary/aromatic N) is 3. The van der Waals surface area contributed by atoms with Gasteiger partial charge in [-0.15, -0.1) is 0 Å². The third kappa shape index (κ3) is 2.52. The Morgan fingerprint density at radius 1 is 1.00 bits per heavy atom. The van der Waals surface area contributed by atoms with Crippen LogP contribution in [0.5, 0.6) is 0 Å². The van der Waals surface area contributed by atoms with E-state index in [-0.39, 0.29) is 0 Å². The average Bonchev–Trinajstić information content (AvgIpc) is 2.90. The molecule has 0 atom stereocenters. The Balaban J connectivity index is 2.15. The van der Waals surface area contributed by atoms with E-state index in [4.69, 9.17) is 0 Å². The van der Waals surface area contributed by atoms with Crippen molar-refractivity contribution in [3.05, 3.63) is 54.4 Å². The van der Waals surface area contributed by atoms with Gasteiger partial charge in [-0.05, 0) is 24.6 Å². The summed E-state index contributed by atoms with van der Waals surface area (Å²) in [6.07, 6.45) is 1.84. The van der Waals surface area contributed by atoms with Gasteiger partial charge in [0.05, 0.1) is 0 Å². The molecular weight excluding hydrogens is 260 g/mol. The molecule has 0 aliphatic heterocycles. The van der Waals surface area contributed by atoms with Crippen LogP contribution in [0.4, 0.5) is 5.82 Å². The van der Waals surface area contributed by atoms with E-state index in [0.717, 1.165) is 33.9 Å². The fourth-order valence-corrected chi connectivity index (χ4v) is 2.41. The summed E-state index contributed by atoms with van der Waals surface area (Å²) in [6.45, 7) is 2.05. The van der Waals surface area contributed by atoms with Gasteiger partial charge in [-0.3, -0.25) is 5.10 Å². The first kappa shape index (κ1) is 13.4.